The van der Waals surface area contributed by atoms with E-state index in [9.17, 15) is 0 Å². The van der Waals surface area contributed by atoms with Crippen molar-refractivity contribution in [1.29, 1.82) is 0 Å². The lowest BCUT2D eigenvalue weighted by atomic mass is 9.62. The van der Waals surface area contributed by atoms with Gasteiger partial charge >= 0.3 is 0 Å². The van der Waals surface area contributed by atoms with E-state index in [1.165, 1.54) is 35.9 Å². The number of nitrogens with zero attached hydrogens (tertiary/aromatic N) is 4. The van der Waals surface area contributed by atoms with E-state index in [1.54, 1.807) is 11.0 Å². The van der Waals surface area contributed by atoms with Crippen molar-refractivity contribution >= 4 is 5.84 Å². The maximum Gasteiger partial charge on any atom is 0.201 e. The quantitative estimate of drug-likeness (QED) is 0.461. The van der Waals surface area contributed by atoms with Crippen LogP contribution in [0, 0.1) is 6.92 Å². The van der Waals surface area contributed by atoms with Gasteiger partial charge in [-0.25, -0.2) is 4.98 Å². The molecule has 0 N–H and O–H groups in total. The zero-order valence-corrected chi connectivity index (χ0v) is 17.0. The van der Waals surface area contributed by atoms with Crippen LogP contribution in [0.25, 0.3) is 0 Å². The fraction of sp³-hybridized carbons (Fsp3) is 0.571. The zero-order chi connectivity index (χ0) is 19.1. The Hall–Kier alpha value is -2.17. The van der Waals surface area contributed by atoms with Crippen LogP contribution in [0.2, 0.25) is 0 Å². The van der Waals surface area contributed by atoms with Crippen molar-refractivity contribution in [3.63, 3.8) is 0 Å². The highest BCUT2D eigenvalue weighted by Gasteiger charge is 2.37. The fourth-order valence-corrected chi connectivity index (χ4v) is 3.65. The summed E-state index contributed by atoms with van der Waals surface area (Å²) in [4.78, 5) is 9.65. The van der Waals surface area contributed by atoms with Gasteiger partial charge in [-0.2, -0.15) is 9.78 Å². The van der Waals surface area contributed by atoms with Crippen LogP contribution < -0.4 is 0 Å². The van der Waals surface area contributed by atoms with Crippen molar-refractivity contribution in [2.45, 2.75) is 78.2 Å². The molecule has 0 spiro atoms. The SMILES string of the molecule is Cc1cc2c(cc1/C(=N/OC(C)C)n1cncn1)C(C)(C)CCC2(C)C. The maximum absolute atomic E-state index is 5.57. The standard InChI is InChI=1S/C21H30N4O/c1-14(2)26-24-19(25-13-22-12-23-25)16-11-18-17(10-15(16)3)20(4,5)8-9-21(18,6)7/h10-14H,8-9H2,1-7H3/b24-19-. The molecule has 5 nitrogen and oxygen atoms in total. The topological polar surface area (TPSA) is 52.3 Å². The predicted octanol–water partition coefficient (Wildman–Crippen LogP) is 4.57. The number of aromatic nitrogens is 3. The van der Waals surface area contributed by atoms with Crippen molar-refractivity contribution in [1.82, 2.24) is 14.8 Å². The average Bonchev–Trinajstić information content (AvgIpc) is 3.07. The van der Waals surface area contributed by atoms with Gasteiger partial charge in [-0.15, -0.1) is 0 Å². The molecule has 1 aliphatic carbocycles. The van der Waals surface area contributed by atoms with Crippen molar-refractivity contribution in [2.24, 2.45) is 5.16 Å². The zero-order valence-electron chi connectivity index (χ0n) is 17.0. The Labute approximate surface area is 156 Å². The summed E-state index contributed by atoms with van der Waals surface area (Å²) in [6.07, 6.45) is 5.56. The van der Waals surface area contributed by atoms with E-state index >= 15 is 0 Å². The number of rotatable bonds is 3. The summed E-state index contributed by atoms with van der Waals surface area (Å²) in [5, 5.41) is 8.69. The van der Waals surface area contributed by atoms with Gasteiger partial charge in [-0.3, -0.25) is 0 Å². The van der Waals surface area contributed by atoms with Crippen molar-refractivity contribution in [3.05, 3.63) is 47.0 Å². The molecular weight excluding hydrogens is 324 g/mol. The van der Waals surface area contributed by atoms with E-state index in [2.05, 4.69) is 62.0 Å². The number of hydrogen-bond acceptors (Lipinski definition) is 4. The largest absolute Gasteiger partial charge is 0.391 e. The number of aryl methyl sites for hydroxylation is 1. The van der Waals surface area contributed by atoms with Gasteiger partial charge in [0.15, 0.2) is 0 Å². The van der Waals surface area contributed by atoms with Crippen molar-refractivity contribution < 1.29 is 4.84 Å². The number of oxime groups is 1. The molecule has 140 valence electrons. The van der Waals surface area contributed by atoms with Crippen LogP contribution in [-0.4, -0.2) is 26.7 Å². The molecule has 0 saturated heterocycles. The summed E-state index contributed by atoms with van der Waals surface area (Å²) in [7, 11) is 0. The van der Waals surface area contributed by atoms with Crippen LogP contribution in [0.4, 0.5) is 0 Å². The van der Waals surface area contributed by atoms with Gasteiger partial charge in [0.05, 0.1) is 0 Å². The molecule has 1 heterocycles. The van der Waals surface area contributed by atoms with E-state index in [1.807, 2.05) is 13.8 Å². The summed E-state index contributed by atoms with van der Waals surface area (Å²) >= 11 is 0. The molecule has 0 fully saturated rings. The van der Waals surface area contributed by atoms with E-state index < -0.39 is 0 Å². The molecule has 0 bridgehead atoms. The Morgan fingerprint density at radius 1 is 1.12 bits per heavy atom. The van der Waals surface area contributed by atoms with Gasteiger partial charge < -0.3 is 4.84 Å². The lowest BCUT2D eigenvalue weighted by Gasteiger charge is -2.42. The molecule has 0 unspecified atom stereocenters. The van der Waals surface area contributed by atoms with Crippen LogP contribution in [0.15, 0.2) is 29.9 Å². The summed E-state index contributed by atoms with van der Waals surface area (Å²) in [5.74, 6) is 0.677. The second-order valence-corrected chi connectivity index (χ2v) is 8.89. The second-order valence-electron chi connectivity index (χ2n) is 8.89. The van der Waals surface area contributed by atoms with Crippen molar-refractivity contribution in [3.8, 4) is 0 Å². The van der Waals surface area contributed by atoms with E-state index in [0.717, 1.165) is 5.56 Å². The van der Waals surface area contributed by atoms with Gasteiger partial charge in [-0.05, 0) is 67.2 Å². The molecule has 1 aromatic heterocycles. The minimum Gasteiger partial charge on any atom is -0.391 e. The normalized spacial score (nSPS) is 18.7. The molecular formula is C21H30N4O. The van der Waals surface area contributed by atoms with Crippen LogP contribution in [-0.2, 0) is 15.7 Å². The highest BCUT2D eigenvalue weighted by atomic mass is 16.6. The predicted molar refractivity (Wildman–Crippen MR) is 105 cm³/mol. The summed E-state index contributed by atoms with van der Waals surface area (Å²) in [6, 6.07) is 4.61. The average molecular weight is 354 g/mol. The molecule has 5 heteroatoms. The monoisotopic (exact) mass is 354 g/mol. The van der Waals surface area contributed by atoms with Crippen LogP contribution in [0.5, 0.6) is 0 Å². The third-order valence-electron chi connectivity index (χ3n) is 5.42. The Balaban J connectivity index is 2.19. The minimum absolute atomic E-state index is 0.00169. The number of benzene rings is 1. The summed E-state index contributed by atoms with van der Waals surface area (Å²) in [5.41, 5.74) is 5.38. The number of hydrogen-bond donors (Lipinski definition) is 0. The van der Waals surface area contributed by atoms with Crippen LogP contribution >= 0.6 is 0 Å². The Bertz CT molecular complexity index is 817. The molecule has 26 heavy (non-hydrogen) atoms. The first-order valence-corrected chi connectivity index (χ1v) is 9.36. The third-order valence-corrected chi connectivity index (χ3v) is 5.42. The molecule has 0 saturated carbocycles. The third kappa shape index (κ3) is 3.39. The van der Waals surface area contributed by atoms with E-state index in [-0.39, 0.29) is 16.9 Å². The van der Waals surface area contributed by atoms with Gasteiger partial charge in [-0.1, -0.05) is 38.9 Å². The van der Waals surface area contributed by atoms with Crippen LogP contribution in [0.3, 0.4) is 0 Å². The Kier molecular flexibility index (Phi) is 4.67. The summed E-state index contributed by atoms with van der Waals surface area (Å²) in [6.45, 7) is 15.4. The fourth-order valence-electron chi connectivity index (χ4n) is 3.65. The second kappa shape index (κ2) is 6.53. The van der Waals surface area contributed by atoms with E-state index in [4.69, 9.17) is 4.84 Å². The number of fused-ring (bicyclic) bond motifs is 1. The Morgan fingerprint density at radius 3 is 2.27 bits per heavy atom. The van der Waals surface area contributed by atoms with Gasteiger partial charge in [0.2, 0.25) is 5.84 Å². The highest BCUT2D eigenvalue weighted by Crippen LogP contribution is 2.46. The molecule has 0 amide bonds. The van der Waals surface area contributed by atoms with Gasteiger partial charge in [0.1, 0.15) is 18.8 Å². The Morgan fingerprint density at radius 2 is 1.73 bits per heavy atom. The first-order valence-electron chi connectivity index (χ1n) is 9.36. The smallest absolute Gasteiger partial charge is 0.201 e. The lowest BCUT2D eigenvalue weighted by molar-refractivity contribution is 0.0851. The molecule has 0 radical (unpaired) electrons. The summed E-state index contributed by atoms with van der Waals surface area (Å²) < 4.78 is 1.68. The molecule has 1 aromatic carbocycles. The van der Waals surface area contributed by atoms with Crippen LogP contribution in [0.1, 0.15) is 76.6 Å². The molecule has 0 aliphatic heterocycles. The highest BCUT2D eigenvalue weighted by molar-refractivity contribution is 6.01. The lowest BCUT2D eigenvalue weighted by Crippen LogP contribution is -2.34. The van der Waals surface area contributed by atoms with Gasteiger partial charge in [0, 0.05) is 5.56 Å². The van der Waals surface area contributed by atoms with Crippen molar-refractivity contribution in [2.75, 3.05) is 0 Å². The molecule has 1 aliphatic rings. The molecule has 2 aromatic rings. The molecule has 3 rings (SSSR count). The first kappa shape index (κ1) is 18.6. The first-order chi connectivity index (χ1) is 12.1. The minimum atomic E-state index is 0.00169. The maximum atomic E-state index is 5.57. The van der Waals surface area contributed by atoms with E-state index in [0.29, 0.717) is 5.84 Å². The van der Waals surface area contributed by atoms with Gasteiger partial charge in [0.25, 0.3) is 0 Å². The molecule has 0 atom stereocenters.